The van der Waals surface area contributed by atoms with Gasteiger partial charge >= 0.3 is 0 Å². The summed E-state index contributed by atoms with van der Waals surface area (Å²) in [4.78, 5) is 4.72. The van der Waals surface area contributed by atoms with Crippen molar-refractivity contribution in [3.8, 4) is 0 Å². The molecule has 8 heteroatoms. The number of aliphatic hydroxyl groups excluding tert-OH is 1. The minimum Gasteiger partial charge on any atom is -0.391 e. The van der Waals surface area contributed by atoms with E-state index in [4.69, 9.17) is 5.11 Å². The van der Waals surface area contributed by atoms with Crippen LogP contribution in [0, 0.1) is 0 Å². The van der Waals surface area contributed by atoms with E-state index in [0.717, 1.165) is 5.82 Å². The van der Waals surface area contributed by atoms with Crippen molar-refractivity contribution < 1.29 is 13.5 Å². The number of aromatic nitrogens is 2. The second kappa shape index (κ2) is 5.83. The van der Waals surface area contributed by atoms with Gasteiger partial charge in [0.1, 0.15) is 5.82 Å². The van der Waals surface area contributed by atoms with Crippen LogP contribution in [0.15, 0.2) is 28.7 Å². The third-order valence-electron chi connectivity index (χ3n) is 2.70. The maximum atomic E-state index is 12.0. The quantitative estimate of drug-likeness (QED) is 0.813. The van der Waals surface area contributed by atoms with Crippen LogP contribution in [0.5, 0.6) is 0 Å². The van der Waals surface area contributed by atoms with Gasteiger partial charge in [-0.25, -0.2) is 18.1 Å². The average Bonchev–Trinajstić information content (AvgIpc) is 2.98. The summed E-state index contributed by atoms with van der Waals surface area (Å²) in [6.07, 6.45) is 4.00. The molecule has 0 spiro atoms. The molecular weight excluding hydrogens is 286 g/mol. The first-order valence-electron chi connectivity index (χ1n) is 5.67. The average molecular weight is 301 g/mol. The van der Waals surface area contributed by atoms with Gasteiger partial charge in [-0.05, 0) is 11.4 Å². The van der Waals surface area contributed by atoms with E-state index in [1.54, 1.807) is 11.6 Å². The molecule has 104 valence electrons. The molecule has 2 N–H and O–H groups in total. The van der Waals surface area contributed by atoms with Crippen molar-refractivity contribution in [3.05, 3.63) is 34.5 Å². The maximum Gasteiger partial charge on any atom is 0.241 e. The summed E-state index contributed by atoms with van der Waals surface area (Å²) in [5.74, 6) is 0.815. The van der Waals surface area contributed by atoms with Gasteiger partial charge in [0.15, 0.2) is 0 Å². The molecule has 19 heavy (non-hydrogen) atoms. The van der Waals surface area contributed by atoms with Gasteiger partial charge in [0, 0.05) is 37.3 Å². The van der Waals surface area contributed by atoms with Gasteiger partial charge < -0.3 is 9.67 Å². The molecule has 0 aliphatic heterocycles. The van der Waals surface area contributed by atoms with E-state index in [1.807, 2.05) is 17.8 Å². The van der Waals surface area contributed by atoms with E-state index in [1.165, 1.54) is 17.4 Å². The predicted molar refractivity (Wildman–Crippen MR) is 72.3 cm³/mol. The lowest BCUT2D eigenvalue weighted by Crippen LogP contribution is -2.27. The van der Waals surface area contributed by atoms with Crippen molar-refractivity contribution in [2.45, 2.75) is 17.9 Å². The molecule has 0 saturated carbocycles. The number of sulfonamides is 1. The SMILES string of the molecule is Cn1ccnc1CCNS(=O)(=O)c1ccsc1CO. The Morgan fingerprint density at radius 1 is 1.53 bits per heavy atom. The minimum absolute atomic E-state index is 0.153. The number of thiophene rings is 1. The van der Waals surface area contributed by atoms with Gasteiger partial charge in [-0.15, -0.1) is 11.3 Å². The first-order valence-corrected chi connectivity index (χ1v) is 8.04. The van der Waals surface area contributed by atoms with Crippen LogP contribution in [-0.4, -0.2) is 29.6 Å². The number of nitrogens with zero attached hydrogens (tertiary/aromatic N) is 2. The molecule has 0 saturated heterocycles. The minimum atomic E-state index is -3.56. The fourth-order valence-corrected chi connectivity index (χ4v) is 4.02. The Kier molecular flexibility index (Phi) is 4.35. The first kappa shape index (κ1) is 14.2. The summed E-state index contributed by atoms with van der Waals surface area (Å²) >= 11 is 1.22. The molecule has 2 aromatic rings. The van der Waals surface area contributed by atoms with E-state index in [0.29, 0.717) is 11.3 Å². The zero-order valence-electron chi connectivity index (χ0n) is 10.4. The molecule has 0 amide bonds. The standard InChI is InChI=1S/C11H15N3O3S2/c1-14-6-5-12-11(14)2-4-13-19(16,17)10-3-7-18-9(10)8-15/h3,5-7,13,15H,2,4,8H2,1H3. The van der Waals surface area contributed by atoms with E-state index in [9.17, 15) is 8.42 Å². The third-order valence-corrected chi connectivity index (χ3v) is 5.28. The molecule has 2 heterocycles. The van der Waals surface area contributed by atoms with Crippen molar-refractivity contribution in [1.82, 2.24) is 14.3 Å². The predicted octanol–water partition coefficient (Wildman–Crippen LogP) is 0.495. The van der Waals surface area contributed by atoms with Crippen molar-refractivity contribution in [1.29, 1.82) is 0 Å². The molecule has 6 nitrogen and oxygen atoms in total. The first-order chi connectivity index (χ1) is 9.04. The van der Waals surface area contributed by atoms with Crippen LogP contribution in [0.25, 0.3) is 0 Å². The van der Waals surface area contributed by atoms with Gasteiger partial charge in [-0.1, -0.05) is 0 Å². The molecule has 0 bridgehead atoms. The summed E-state index contributed by atoms with van der Waals surface area (Å²) in [7, 11) is -1.70. The van der Waals surface area contributed by atoms with Gasteiger partial charge in [-0.3, -0.25) is 0 Å². The molecule has 0 unspecified atom stereocenters. The largest absolute Gasteiger partial charge is 0.391 e. The fraction of sp³-hybridized carbons (Fsp3) is 0.364. The van der Waals surface area contributed by atoms with E-state index in [-0.39, 0.29) is 18.0 Å². The van der Waals surface area contributed by atoms with Crippen LogP contribution in [0.3, 0.4) is 0 Å². The number of nitrogens with one attached hydrogen (secondary N) is 1. The molecule has 0 fully saturated rings. The van der Waals surface area contributed by atoms with E-state index in [2.05, 4.69) is 9.71 Å². The van der Waals surface area contributed by atoms with Gasteiger partial charge in [0.05, 0.1) is 11.5 Å². The Morgan fingerprint density at radius 3 is 2.95 bits per heavy atom. The molecule has 0 aromatic carbocycles. The zero-order chi connectivity index (χ0) is 13.9. The topological polar surface area (TPSA) is 84.2 Å². The maximum absolute atomic E-state index is 12.0. The van der Waals surface area contributed by atoms with E-state index < -0.39 is 10.0 Å². The van der Waals surface area contributed by atoms with Crippen LogP contribution in [0.1, 0.15) is 10.7 Å². The summed E-state index contributed by atoms with van der Waals surface area (Å²) in [6, 6.07) is 1.50. The Labute approximate surface area is 115 Å². The number of aliphatic hydroxyl groups is 1. The van der Waals surface area contributed by atoms with Gasteiger partial charge in [0.2, 0.25) is 10.0 Å². The van der Waals surface area contributed by atoms with E-state index >= 15 is 0 Å². The summed E-state index contributed by atoms with van der Waals surface area (Å²) < 4.78 is 28.4. The van der Waals surface area contributed by atoms with Crippen molar-refractivity contribution in [2.75, 3.05) is 6.54 Å². The van der Waals surface area contributed by atoms with Crippen LogP contribution in [0.4, 0.5) is 0 Å². The molecule has 0 aliphatic carbocycles. The lowest BCUT2D eigenvalue weighted by Gasteiger charge is -2.06. The molecular formula is C11H15N3O3S2. The Bertz CT molecular complexity index is 646. The van der Waals surface area contributed by atoms with Crippen molar-refractivity contribution >= 4 is 21.4 Å². The lowest BCUT2D eigenvalue weighted by atomic mass is 10.4. The highest BCUT2D eigenvalue weighted by molar-refractivity contribution is 7.89. The lowest BCUT2D eigenvalue weighted by molar-refractivity contribution is 0.282. The Morgan fingerprint density at radius 2 is 2.32 bits per heavy atom. The summed E-state index contributed by atoms with van der Waals surface area (Å²) in [6.45, 7) is 0.00117. The van der Waals surface area contributed by atoms with Crippen LogP contribution in [0.2, 0.25) is 0 Å². The summed E-state index contributed by atoms with van der Waals surface area (Å²) in [5.41, 5.74) is 0. The summed E-state index contributed by atoms with van der Waals surface area (Å²) in [5, 5.41) is 10.7. The highest BCUT2D eigenvalue weighted by Crippen LogP contribution is 2.21. The highest BCUT2D eigenvalue weighted by Gasteiger charge is 2.18. The molecule has 0 aliphatic rings. The smallest absolute Gasteiger partial charge is 0.241 e. The van der Waals surface area contributed by atoms with Crippen LogP contribution < -0.4 is 4.72 Å². The monoisotopic (exact) mass is 301 g/mol. The molecule has 0 radical (unpaired) electrons. The normalized spacial score (nSPS) is 11.9. The second-order valence-electron chi connectivity index (χ2n) is 3.97. The zero-order valence-corrected chi connectivity index (χ0v) is 12.0. The Hall–Kier alpha value is -1.22. The number of rotatable bonds is 6. The number of hydrogen-bond donors (Lipinski definition) is 2. The van der Waals surface area contributed by atoms with Gasteiger partial charge in [-0.2, -0.15) is 0 Å². The Balaban J connectivity index is 2.01. The third kappa shape index (κ3) is 3.21. The van der Waals surface area contributed by atoms with Crippen LogP contribution in [-0.2, 0) is 30.1 Å². The number of aryl methyl sites for hydroxylation is 1. The number of hydrogen-bond acceptors (Lipinski definition) is 5. The fourth-order valence-electron chi connectivity index (χ4n) is 1.70. The highest BCUT2D eigenvalue weighted by atomic mass is 32.2. The number of imidazole rings is 1. The molecule has 0 atom stereocenters. The van der Waals surface area contributed by atoms with Crippen molar-refractivity contribution in [3.63, 3.8) is 0 Å². The second-order valence-corrected chi connectivity index (χ2v) is 6.70. The van der Waals surface area contributed by atoms with Crippen molar-refractivity contribution in [2.24, 2.45) is 7.05 Å². The van der Waals surface area contributed by atoms with Gasteiger partial charge in [0.25, 0.3) is 0 Å². The van der Waals surface area contributed by atoms with Crippen LogP contribution >= 0.6 is 11.3 Å². The molecule has 2 aromatic heterocycles. The molecule has 2 rings (SSSR count).